The van der Waals surface area contributed by atoms with E-state index in [-0.39, 0.29) is 11.8 Å². The van der Waals surface area contributed by atoms with E-state index in [2.05, 4.69) is 29.6 Å². The van der Waals surface area contributed by atoms with E-state index in [0.717, 1.165) is 35.3 Å². The Morgan fingerprint density at radius 1 is 1.50 bits per heavy atom. The number of fused-ring (bicyclic) bond motifs is 1. The first kappa shape index (κ1) is 17.0. The van der Waals surface area contributed by atoms with Gasteiger partial charge in [-0.25, -0.2) is 0 Å². The predicted octanol–water partition coefficient (Wildman–Crippen LogP) is 2.46. The van der Waals surface area contributed by atoms with Crippen molar-refractivity contribution in [3.63, 3.8) is 0 Å². The molecule has 1 unspecified atom stereocenters. The lowest BCUT2D eigenvalue weighted by Crippen LogP contribution is -2.45. The smallest absolute Gasteiger partial charge is 0.262 e. The molecule has 6 nitrogen and oxygen atoms in total. The number of nitrogens with one attached hydrogen (secondary N) is 2. The van der Waals surface area contributed by atoms with Gasteiger partial charge in [0, 0.05) is 18.5 Å². The molecule has 0 saturated carbocycles. The fourth-order valence-electron chi connectivity index (χ4n) is 3.00. The molecule has 0 aliphatic carbocycles. The Balaban J connectivity index is 1.81. The summed E-state index contributed by atoms with van der Waals surface area (Å²) in [6.45, 7) is 7.78. The quantitative estimate of drug-likeness (QED) is 0.891. The van der Waals surface area contributed by atoms with Crippen LogP contribution in [0.5, 0.6) is 0 Å². The Morgan fingerprint density at radius 2 is 2.29 bits per heavy atom. The second kappa shape index (κ2) is 6.93. The van der Waals surface area contributed by atoms with Gasteiger partial charge in [0.2, 0.25) is 5.91 Å². The van der Waals surface area contributed by atoms with Crippen LogP contribution in [0.2, 0.25) is 0 Å². The van der Waals surface area contributed by atoms with Crippen LogP contribution in [0, 0.1) is 12.8 Å². The van der Waals surface area contributed by atoms with E-state index < -0.39 is 6.04 Å². The predicted molar refractivity (Wildman–Crippen MR) is 95.3 cm³/mol. The molecular formula is C17H24N4O2S. The summed E-state index contributed by atoms with van der Waals surface area (Å²) in [4.78, 5) is 26.2. The van der Waals surface area contributed by atoms with Gasteiger partial charge in [-0.1, -0.05) is 13.8 Å². The third kappa shape index (κ3) is 3.45. The molecular weight excluding hydrogens is 324 g/mol. The molecule has 7 heteroatoms. The van der Waals surface area contributed by atoms with Crippen molar-refractivity contribution in [2.75, 3.05) is 6.54 Å². The topological polar surface area (TPSA) is 76.0 Å². The Bertz CT molecular complexity index is 762. The number of aryl methyl sites for hydroxylation is 1. The molecule has 1 atom stereocenters. The summed E-state index contributed by atoms with van der Waals surface area (Å²) in [6.07, 6.45) is 2.60. The molecule has 0 bridgehead atoms. The molecule has 1 aliphatic rings. The van der Waals surface area contributed by atoms with E-state index in [4.69, 9.17) is 0 Å². The van der Waals surface area contributed by atoms with Gasteiger partial charge in [0.05, 0.1) is 10.6 Å². The first-order chi connectivity index (χ1) is 11.5. The summed E-state index contributed by atoms with van der Waals surface area (Å²) >= 11 is 1.45. The van der Waals surface area contributed by atoms with Gasteiger partial charge in [0.1, 0.15) is 10.9 Å². The van der Waals surface area contributed by atoms with E-state index in [1.807, 2.05) is 17.7 Å². The number of rotatable bonds is 4. The minimum absolute atomic E-state index is 0.0795. The second-order valence-electron chi connectivity index (χ2n) is 6.80. The molecule has 130 valence electrons. The lowest BCUT2D eigenvalue weighted by Gasteiger charge is -2.14. The lowest BCUT2D eigenvalue weighted by atomic mass is 10.1. The highest BCUT2D eigenvalue weighted by molar-refractivity contribution is 7.20. The standard InChI is InChI=1S/C17H24N4O2S/c1-10(2)9-21-17-12(11(3)20-21)8-14(24-17)16(23)19-13-6-4-5-7-18-15(13)22/h8,10,13H,4-7,9H2,1-3H3,(H,18,22)(H,19,23). The van der Waals surface area contributed by atoms with E-state index in [0.29, 0.717) is 23.8 Å². The van der Waals surface area contributed by atoms with Crippen LogP contribution in [0.25, 0.3) is 10.2 Å². The second-order valence-corrected chi connectivity index (χ2v) is 7.83. The fraction of sp³-hybridized carbons (Fsp3) is 0.588. The number of carbonyl (C=O) groups excluding carboxylic acids is 2. The van der Waals surface area contributed by atoms with Crippen LogP contribution >= 0.6 is 11.3 Å². The molecule has 3 rings (SSSR count). The number of hydrogen-bond donors (Lipinski definition) is 2. The molecule has 2 N–H and O–H groups in total. The number of carbonyl (C=O) groups is 2. The fourth-order valence-corrected chi connectivity index (χ4v) is 4.07. The van der Waals surface area contributed by atoms with Gasteiger partial charge in [-0.15, -0.1) is 11.3 Å². The summed E-state index contributed by atoms with van der Waals surface area (Å²) in [7, 11) is 0. The lowest BCUT2D eigenvalue weighted by molar-refractivity contribution is -0.122. The third-order valence-corrected chi connectivity index (χ3v) is 5.36. The minimum Gasteiger partial charge on any atom is -0.354 e. The molecule has 0 radical (unpaired) electrons. The zero-order chi connectivity index (χ0) is 17.3. The first-order valence-electron chi connectivity index (χ1n) is 8.51. The number of thiophene rings is 1. The van der Waals surface area contributed by atoms with Crippen LogP contribution in [0.1, 0.15) is 48.5 Å². The molecule has 2 aromatic heterocycles. The zero-order valence-electron chi connectivity index (χ0n) is 14.4. The van der Waals surface area contributed by atoms with Crippen LogP contribution in [0.3, 0.4) is 0 Å². The molecule has 1 fully saturated rings. The number of aromatic nitrogens is 2. The van der Waals surface area contributed by atoms with Crippen LogP contribution < -0.4 is 10.6 Å². The maximum atomic E-state index is 12.6. The Hall–Kier alpha value is -1.89. The van der Waals surface area contributed by atoms with Crippen molar-refractivity contribution < 1.29 is 9.59 Å². The third-order valence-electron chi connectivity index (χ3n) is 4.21. The van der Waals surface area contributed by atoms with Crippen molar-refractivity contribution in [2.45, 2.75) is 52.6 Å². The van der Waals surface area contributed by atoms with Gasteiger partial charge >= 0.3 is 0 Å². The van der Waals surface area contributed by atoms with Crippen LogP contribution in [-0.2, 0) is 11.3 Å². The minimum atomic E-state index is -0.432. The number of amides is 2. The highest BCUT2D eigenvalue weighted by Crippen LogP contribution is 2.29. The van der Waals surface area contributed by atoms with Crippen molar-refractivity contribution >= 4 is 33.4 Å². The molecule has 24 heavy (non-hydrogen) atoms. The number of hydrogen-bond acceptors (Lipinski definition) is 4. The SMILES string of the molecule is Cc1nn(CC(C)C)c2sc(C(=O)NC3CCCCNC3=O)cc12. The molecule has 2 aromatic rings. The van der Waals surface area contributed by atoms with Crippen LogP contribution in [0.4, 0.5) is 0 Å². The average Bonchev–Trinajstić information content (AvgIpc) is 3.00. The van der Waals surface area contributed by atoms with Crippen molar-refractivity contribution in [1.82, 2.24) is 20.4 Å². The normalized spacial score (nSPS) is 18.7. The van der Waals surface area contributed by atoms with Crippen molar-refractivity contribution in [1.29, 1.82) is 0 Å². The largest absolute Gasteiger partial charge is 0.354 e. The highest BCUT2D eigenvalue weighted by Gasteiger charge is 2.24. The Labute approximate surface area is 145 Å². The summed E-state index contributed by atoms with van der Waals surface area (Å²) in [6, 6.07) is 1.46. The van der Waals surface area contributed by atoms with Gasteiger partial charge in [-0.3, -0.25) is 14.3 Å². The van der Waals surface area contributed by atoms with E-state index in [1.54, 1.807) is 0 Å². The molecule has 0 aromatic carbocycles. The van der Waals surface area contributed by atoms with Gasteiger partial charge in [-0.05, 0) is 38.2 Å². The molecule has 2 amide bonds. The molecule has 1 saturated heterocycles. The van der Waals surface area contributed by atoms with Gasteiger partial charge < -0.3 is 10.6 Å². The van der Waals surface area contributed by atoms with E-state index in [9.17, 15) is 9.59 Å². The summed E-state index contributed by atoms with van der Waals surface area (Å²) in [5.41, 5.74) is 0.938. The zero-order valence-corrected chi connectivity index (χ0v) is 15.2. The maximum Gasteiger partial charge on any atom is 0.262 e. The van der Waals surface area contributed by atoms with Gasteiger partial charge in [0.25, 0.3) is 5.91 Å². The summed E-state index contributed by atoms with van der Waals surface area (Å²) in [5, 5.41) is 11.3. The Morgan fingerprint density at radius 3 is 3.04 bits per heavy atom. The van der Waals surface area contributed by atoms with Crippen LogP contribution in [-0.4, -0.2) is 34.2 Å². The van der Waals surface area contributed by atoms with Crippen LogP contribution in [0.15, 0.2) is 6.07 Å². The highest BCUT2D eigenvalue weighted by atomic mass is 32.1. The first-order valence-corrected chi connectivity index (χ1v) is 9.33. The molecule has 3 heterocycles. The summed E-state index contributed by atoms with van der Waals surface area (Å²) in [5.74, 6) is 0.236. The Kier molecular flexibility index (Phi) is 4.89. The monoisotopic (exact) mass is 348 g/mol. The molecule has 0 spiro atoms. The van der Waals surface area contributed by atoms with Gasteiger partial charge in [0.15, 0.2) is 0 Å². The van der Waals surface area contributed by atoms with Crippen molar-refractivity contribution in [2.24, 2.45) is 5.92 Å². The average molecular weight is 348 g/mol. The van der Waals surface area contributed by atoms with Crippen molar-refractivity contribution in [3.8, 4) is 0 Å². The van der Waals surface area contributed by atoms with E-state index in [1.165, 1.54) is 11.3 Å². The maximum absolute atomic E-state index is 12.6. The van der Waals surface area contributed by atoms with E-state index >= 15 is 0 Å². The van der Waals surface area contributed by atoms with Crippen molar-refractivity contribution in [3.05, 3.63) is 16.6 Å². The van der Waals surface area contributed by atoms with Gasteiger partial charge in [-0.2, -0.15) is 5.10 Å². The summed E-state index contributed by atoms with van der Waals surface area (Å²) < 4.78 is 1.98. The molecule has 1 aliphatic heterocycles. The number of nitrogens with zero attached hydrogens (tertiary/aromatic N) is 2.